The van der Waals surface area contributed by atoms with Crippen molar-refractivity contribution in [2.24, 2.45) is 11.8 Å². The third-order valence-electron chi connectivity index (χ3n) is 4.37. The average Bonchev–Trinajstić information content (AvgIpc) is 2.46. The SMILES string of the molecule is CCCCC(CCCC(=O)O)CC(CCCC)CCC(=O)O. The number of carboxylic acids is 2. The maximum atomic E-state index is 10.8. The van der Waals surface area contributed by atoms with Gasteiger partial charge in [-0.3, -0.25) is 9.59 Å². The molecule has 0 aromatic rings. The van der Waals surface area contributed by atoms with E-state index < -0.39 is 11.9 Å². The minimum atomic E-state index is -0.720. The lowest BCUT2D eigenvalue weighted by Crippen LogP contribution is -2.12. The van der Waals surface area contributed by atoms with Gasteiger partial charge in [0.2, 0.25) is 0 Å². The molecule has 0 bridgehead atoms. The van der Waals surface area contributed by atoms with Gasteiger partial charge in [0.1, 0.15) is 0 Å². The minimum Gasteiger partial charge on any atom is -0.481 e. The molecule has 0 aromatic carbocycles. The molecule has 2 unspecified atom stereocenters. The Hall–Kier alpha value is -1.06. The highest BCUT2D eigenvalue weighted by Crippen LogP contribution is 2.29. The highest BCUT2D eigenvalue weighted by Gasteiger charge is 2.17. The van der Waals surface area contributed by atoms with Crippen LogP contribution in [0.15, 0.2) is 0 Å². The van der Waals surface area contributed by atoms with Gasteiger partial charge in [0, 0.05) is 12.8 Å². The number of aliphatic carboxylic acids is 2. The quantitative estimate of drug-likeness (QED) is 0.440. The van der Waals surface area contributed by atoms with Crippen molar-refractivity contribution in [1.29, 1.82) is 0 Å². The predicted octanol–water partition coefficient (Wildman–Crippen LogP) is 5.11. The van der Waals surface area contributed by atoms with Gasteiger partial charge in [0.25, 0.3) is 0 Å². The Balaban J connectivity index is 4.40. The zero-order valence-electron chi connectivity index (χ0n) is 14.4. The van der Waals surface area contributed by atoms with Crippen LogP contribution in [0.5, 0.6) is 0 Å². The van der Waals surface area contributed by atoms with Crippen LogP contribution in [0.1, 0.15) is 90.9 Å². The van der Waals surface area contributed by atoms with Crippen molar-refractivity contribution in [3.8, 4) is 0 Å². The summed E-state index contributed by atoms with van der Waals surface area (Å²) in [6.07, 6.45) is 10.9. The number of carboxylic acid groups (broad SMARTS) is 2. The van der Waals surface area contributed by atoms with Crippen molar-refractivity contribution in [2.45, 2.75) is 90.9 Å². The summed E-state index contributed by atoms with van der Waals surface area (Å²) in [4.78, 5) is 21.5. The Morgan fingerprint density at radius 2 is 1.18 bits per heavy atom. The van der Waals surface area contributed by atoms with Crippen molar-refractivity contribution in [1.82, 2.24) is 0 Å². The molecule has 0 saturated heterocycles. The molecule has 2 atom stereocenters. The standard InChI is InChI=1S/C18H34O4/c1-3-5-8-15(10-7-11-17(19)20)14-16(9-6-4-2)12-13-18(21)22/h15-16H,3-14H2,1-2H3,(H,19,20)(H,21,22). The van der Waals surface area contributed by atoms with Gasteiger partial charge in [0.05, 0.1) is 0 Å². The molecule has 0 saturated carbocycles. The van der Waals surface area contributed by atoms with Crippen LogP contribution in [-0.2, 0) is 9.59 Å². The molecule has 0 heterocycles. The van der Waals surface area contributed by atoms with Crippen molar-refractivity contribution < 1.29 is 19.8 Å². The third-order valence-corrected chi connectivity index (χ3v) is 4.37. The molecule has 4 heteroatoms. The first-order chi connectivity index (χ1) is 10.5. The molecular formula is C18H34O4. The summed E-state index contributed by atoms with van der Waals surface area (Å²) in [5.74, 6) is -0.405. The minimum absolute atomic E-state index is 0.247. The lowest BCUT2D eigenvalue weighted by Gasteiger charge is -2.23. The van der Waals surface area contributed by atoms with Crippen molar-refractivity contribution in [3.05, 3.63) is 0 Å². The fourth-order valence-electron chi connectivity index (χ4n) is 3.09. The summed E-state index contributed by atoms with van der Waals surface area (Å²) in [5.41, 5.74) is 0. The molecule has 4 nitrogen and oxygen atoms in total. The Kier molecular flexibility index (Phi) is 12.9. The van der Waals surface area contributed by atoms with E-state index in [1.54, 1.807) is 0 Å². The number of carbonyl (C=O) groups is 2. The van der Waals surface area contributed by atoms with E-state index in [9.17, 15) is 9.59 Å². The summed E-state index contributed by atoms with van der Waals surface area (Å²) in [7, 11) is 0. The molecule has 0 fully saturated rings. The van der Waals surface area contributed by atoms with E-state index in [2.05, 4.69) is 13.8 Å². The molecule has 0 aliphatic heterocycles. The maximum Gasteiger partial charge on any atom is 0.303 e. The van der Waals surface area contributed by atoms with E-state index in [0.29, 0.717) is 11.8 Å². The topological polar surface area (TPSA) is 74.6 Å². The summed E-state index contributed by atoms with van der Waals surface area (Å²) >= 11 is 0. The molecule has 0 radical (unpaired) electrons. The zero-order valence-corrected chi connectivity index (χ0v) is 14.4. The van der Waals surface area contributed by atoms with E-state index in [-0.39, 0.29) is 12.8 Å². The normalized spacial score (nSPS) is 13.7. The molecule has 0 spiro atoms. The molecule has 2 N–H and O–H groups in total. The summed E-state index contributed by atoms with van der Waals surface area (Å²) in [6, 6.07) is 0. The van der Waals surface area contributed by atoms with Gasteiger partial charge in [-0.15, -0.1) is 0 Å². The number of hydrogen-bond donors (Lipinski definition) is 2. The van der Waals surface area contributed by atoms with Crippen LogP contribution in [0.2, 0.25) is 0 Å². The Bertz CT molecular complexity index is 301. The third kappa shape index (κ3) is 12.7. The van der Waals surface area contributed by atoms with Crippen molar-refractivity contribution >= 4 is 11.9 Å². The van der Waals surface area contributed by atoms with Gasteiger partial charge in [-0.2, -0.15) is 0 Å². The van der Waals surface area contributed by atoms with Crippen LogP contribution >= 0.6 is 0 Å². The van der Waals surface area contributed by atoms with Crippen molar-refractivity contribution in [3.63, 3.8) is 0 Å². The summed E-state index contributed by atoms with van der Waals surface area (Å²) in [5, 5.41) is 17.7. The molecule has 22 heavy (non-hydrogen) atoms. The Morgan fingerprint density at radius 3 is 1.64 bits per heavy atom. The van der Waals surface area contributed by atoms with E-state index in [1.165, 1.54) is 6.42 Å². The monoisotopic (exact) mass is 314 g/mol. The maximum absolute atomic E-state index is 10.8. The van der Waals surface area contributed by atoms with E-state index in [4.69, 9.17) is 10.2 Å². The van der Waals surface area contributed by atoms with Crippen LogP contribution in [0.4, 0.5) is 0 Å². The molecule has 0 amide bonds. The molecule has 0 aromatic heterocycles. The number of unbranched alkanes of at least 4 members (excludes halogenated alkanes) is 2. The van der Waals surface area contributed by atoms with Crippen LogP contribution in [0, 0.1) is 11.8 Å². The van der Waals surface area contributed by atoms with E-state index in [1.807, 2.05) is 0 Å². The Labute approximate surface area is 135 Å². The largest absolute Gasteiger partial charge is 0.481 e. The van der Waals surface area contributed by atoms with Crippen LogP contribution in [0.3, 0.4) is 0 Å². The average molecular weight is 314 g/mol. The molecule has 0 aliphatic carbocycles. The first-order valence-corrected chi connectivity index (χ1v) is 8.93. The van der Waals surface area contributed by atoms with E-state index in [0.717, 1.165) is 57.8 Å². The highest BCUT2D eigenvalue weighted by molar-refractivity contribution is 5.66. The second-order valence-corrected chi connectivity index (χ2v) is 6.47. The first kappa shape index (κ1) is 20.9. The van der Waals surface area contributed by atoms with Gasteiger partial charge in [0.15, 0.2) is 0 Å². The van der Waals surface area contributed by atoms with Crippen molar-refractivity contribution in [2.75, 3.05) is 0 Å². The molecule has 0 rings (SSSR count). The first-order valence-electron chi connectivity index (χ1n) is 8.93. The number of rotatable bonds is 15. The lowest BCUT2D eigenvalue weighted by atomic mass is 9.82. The highest BCUT2D eigenvalue weighted by atomic mass is 16.4. The van der Waals surface area contributed by atoms with E-state index >= 15 is 0 Å². The fraction of sp³-hybridized carbons (Fsp3) is 0.889. The zero-order chi connectivity index (χ0) is 16.8. The van der Waals surface area contributed by atoms with Gasteiger partial charge in [-0.1, -0.05) is 52.4 Å². The predicted molar refractivity (Wildman–Crippen MR) is 89.0 cm³/mol. The van der Waals surface area contributed by atoms with Gasteiger partial charge in [-0.05, 0) is 37.5 Å². The van der Waals surface area contributed by atoms with Gasteiger partial charge < -0.3 is 10.2 Å². The smallest absolute Gasteiger partial charge is 0.303 e. The molecular weight excluding hydrogens is 280 g/mol. The van der Waals surface area contributed by atoms with Crippen LogP contribution in [0.25, 0.3) is 0 Å². The summed E-state index contributed by atoms with van der Waals surface area (Å²) in [6.45, 7) is 4.34. The Morgan fingerprint density at radius 1 is 0.727 bits per heavy atom. The second kappa shape index (κ2) is 13.6. The molecule has 130 valence electrons. The summed E-state index contributed by atoms with van der Waals surface area (Å²) < 4.78 is 0. The van der Waals surface area contributed by atoms with Crippen LogP contribution < -0.4 is 0 Å². The van der Waals surface area contributed by atoms with Gasteiger partial charge >= 0.3 is 11.9 Å². The lowest BCUT2D eigenvalue weighted by molar-refractivity contribution is -0.138. The molecule has 0 aliphatic rings. The second-order valence-electron chi connectivity index (χ2n) is 6.47. The fourth-order valence-corrected chi connectivity index (χ4v) is 3.09. The van der Waals surface area contributed by atoms with Gasteiger partial charge in [-0.25, -0.2) is 0 Å². The van der Waals surface area contributed by atoms with Crippen LogP contribution in [-0.4, -0.2) is 22.2 Å². The number of hydrogen-bond acceptors (Lipinski definition) is 2.